The largest absolute Gasteiger partial charge is 0.396 e. The van der Waals surface area contributed by atoms with Gasteiger partial charge in [0.05, 0.1) is 0 Å². The number of rotatable bonds is 3. The molecule has 0 aliphatic rings. The lowest BCUT2D eigenvalue weighted by molar-refractivity contribution is 0.249. The molecule has 0 saturated carbocycles. The summed E-state index contributed by atoms with van der Waals surface area (Å²) in [6.45, 7) is 4.28. The summed E-state index contributed by atoms with van der Waals surface area (Å²) in [5.41, 5.74) is 0. The van der Waals surface area contributed by atoms with Crippen LogP contribution in [0, 0.1) is 5.92 Å². The van der Waals surface area contributed by atoms with Gasteiger partial charge in [0, 0.05) is 12.5 Å². The molecule has 54 valence electrons. The van der Waals surface area contributed by atoms with Gasteiger partial charge in [-0.3, -0.25) is 0 Å². The van der Waals surface area contributed by atoms with Crippen LogP contribution in [-0.4, -0.2) is 11.7 Å². The van der Waals surface area contributed by atoms with E-state index >= 15 is 0 Å². The summed E-state index contributed by atoms with van der Waals surface area (Å²) in [4.78, 5) is 0. The number of hydrogen-bond acceptors (Lipinski definition) is 1. The standard InChI is InChI=1S/C7H13BrO/c1-3-7(5-9)4-6(2)8/h4,7,9H,3,5H2,1-2H3/b6-4-/t7-/m1/s1. The highest BCUT2D eigenvalue weighted by Gasteiger charge is 1.98. The molecular weight excluding hydrogens is 180 g/mol. The Morgan fingerprint density at radius 1 is 1.78 bits per heavy atom. The molecule has 1 N–H and O–H groups in total. The minimum Gasteiger partial charge on any atom is -0.396 e. The maximum atomic E-state index is 8.71. The van der Waals surface area contributed by atoms with E-state index in [-0.39, 0.29) is 6.61 Å². The van der Waals surface area contributed by atoms with Gasteiger partial charge in [-0.05, 0) is 17.8 Å². The topological polar surface area (TPSA) is 20.2 Å². The van der Waals surface area contributed by atoms with Crippen LogP contribution in [0.1, 0.15) is 20.3 Å². The second-order valence-corrected chi connectivity index (χ2v) is 3.36. The maximum Gasteiger partial charge on any atom is 0.0494 e. The molecule has 0 radical (unpaired) electrons. The number of hydrogen-bond donors (Lipinski definition) is 1. The molecule has 1 nitrogen and oxygen atoms in total. The van der Waals surface area contributed by atoms with E-state index in [1.54, 1.807) is 0 Å². The number of aliphatic hydroxyl groups is 1. The molecule has 0 aromatic rings. The van der Waals surface area contributed by atoms with Crippen molar-refractivity contribution in [2.24, 2.45) is 5.92 Å². The molecule has 0 aromatic heterocycles. The third-order valence-electron chi connectivity index (χ3n) is 1.22. The second-order valence-electron chi connectivity index (χ2n) is 2.10. The second kappa shape index (κ2) is 5.00. The van der Waals surface area contributed by atoms with E-state index in [1.807, 2.05) is 13.0 Å². The van der Waals surface area contributed by atoms with Crippen molar-refractivity contribution in [3.8, 4) is 0 Å². The third-order valence-corrected chi connectivity index (χ3v) is 1.49. The SMILES string of the molecule is CC[C@H](/C=C(/C)Br)CO. The van der Waals surface area contributed by atoms with Crippen LogP contribution in [0.15, 0.2) is 10.6 Å². The van der Waals surface area contributed by atoms with Crippen molar-refractivity contribution in [1.82, 2.24) is 0 Å². The summed E-state index contributed by atoms with van der Waals surface area (Å²) in [5, 5.41) is 8.71. The molecule has 0 unspecified atom stereocenters. The highest BCUT2D eigenvalue weighted by molar-refractivity contribution is 9.11. The summed E-state index contributed by atoms with van der Waals surface area (Å²) in [6.07, 6.45) is 3.03. The van der Waals surface area contributed by atoms with Crippen LogP contribution in [0.4, 0.5) is 0 Å². The van der Waals surface area contributed by atoms with E-state index in [2.05, 4.69) is 22.9 Å². The van der Waals surface area contributed by atoms with Crippen LogP contribution in [-0.2, 0) is 0 Å². The Kier molecular flexibility index (Phi) is 5.10. The van der Waals surface area contributed by atoms with E-state index in [9.17, 15) is 0 Å². The Balaban J connectivity index is 3.68. The lowest BCUT2D eigenvalue weighted by atomic mass is 10.1. The minimum absolute atomic E-state index is 0.249. The average molecular weight is 193 g/mol. The minimum atomic E-state index is 0.249. The van der Waals surface area contributed by atoms with E-state index in [4.69, 9.17) is 5.11 Å². The average Bonchev–Trinajstić information content (AvgIpc) is 1.82. The number of aliphatic hydroxyl groups excluding tert-OH is 1. The summed E-state index contributed by atoms with van der Waals surface area (Å²) in [6, 6.07) is 0. The smallest absolute Gasteiger partial charge is 0.0494 e. The molecule has 1 atom stereocenters. The molecule has 0 heterocycles. The summed E-state index contributed by atoms with van der Waals surface area (Å²) < 4.78 is 1.10. The summed E-state index contributed by atoms with van der Waals surface area (Å²) in [7, 11) is 0. The Hall–Kier alpha value is 0.180. The first-order chi connectivity index (χ1) is 4.20. The first kappa shape index (κ1) is 9.18. The molecule has 0 spiro atoms. The van der Waals surface area contributed by atoms with Gasteiger partial charge >= 0.3 is 0 Å². The molecule has 0 aliphatic carbocycles. The zero-order chi connectivity index (χ0) is 7.28. The Morgan fingerprint density at radius 2 is 2.33 bits per heavy atom. The molecule has 0 aromatic carbocycles. The van der Waals surface area contributed by atoms with E-state index in [0.717, 1.165) is 10.9 Å². The molecule has 0 rings (SSSR count). The van der Waals surface area contributed by atoms with Crippen LogP contribution in [0.2, 0.25) is 0 Å². The Morgan fingerprint density at radius 3 is 2.44 bits per heavy atom. The lowest BCUT2D eigenvalue weighted by Gasteiger charge is -2.03. The van der Waals surface area contributed by atoms with Gasteiger partial charge in [0.2, 0.25) is 0 Å². The van der Waals surface area contributed by atoms with Crippen molar-refractivity contribution in [2.75, 3.05) is 6.61 Å². The van der Waals surface area contributed by atoms with E-state index in [1.165, 1.54) is 0 Å². The molecule has 2 heteroatoms. The highest BCUT2D eigenvalue weighted by Crippen LogP contribution is 2.10. The molecular formula is C7H13BrO. The number of allylic oxidation sites excluding steroid dienone is 1. The normalized spacial score (nSPS) is 15.8. The van der Waals surface area contributed by atoms with Gasteiger partial charge in [-0.2, -0.15) is 0 Å². The summed E-state index contributed by atoms with van der Waals surface area (Å²) >= 11 is 3.31. The number of halogens is 1. The van der Waals surface area contributed by atoms with E-state index < -0.39 is 0 Å². The van der Waals surface area contributed by atoms with Crippen molar-refractivity contribution in [2.45, 2.75) is 20.3 Å². The van der Waals surface area contributed by atoms with Gasteiger partial charge in [0.15, 0.2) is 0 Å². The fraction of sp³-hybridized carbons (Fsp3) is 0.714. The van der Waals surface area contributed by atoms with Crippen molar-refractivity contribution < 1.29 is 5.11 Å². The van der Waals surface area contributed by atoms with Crippen molar-refractivity contribution >= 4 is 15.9 Å². The Labute approximate surface area is 64.9 Å². The fourth-order valence-corrected chi connectivity index (χ4v) is 0.998. The van der Waals surface area contributed by atoms with Gasteiger partial charge in [0.1, 0.15) is 0 Å². The Bertz CT molecular complexity index is 91.1. The van der Waals surface area contributed by atoms with Gasteiger partial charge in [-0.25, -0.2) is 0 Å². The molecule has 0 fully saturated rings. The zero-order valence-corrected chi connectivity index (χ0v) is 7.48. The predicted octanol–water partition coefficient (Wildman–Crippen LogP) is 2.30. The lowest BCUT2D eigenvalue weighted by Crippen LogP contribution is -1.99. The summed E-state index contributed by atoms with van der Waals surface area (Å²) in [5.74, 6) is 0.323. The monoisotopic (exact) mass is 192 g/mol. The van der Waals surface area contributed by atoms with Crippen LogP contribution in [0.3, 0.4) is 0 Å². The highest BCUT2D eigenvalue weighted by atomic mass is 79.9. The molecule has 9 heavy (non-hydrogen) atoms. The van der Waals surface area contributed by atoms with Crippen LogP contribution >= 0.6 is 15.9 Å². The first-order valence-corrected chi connectivity index (χ1v) is 3.94. The van der Waals surface area contributed by atoms with Crippen LogP contribution in [0.25, 0.3) is 0 Å². The predicted molar refractivity (Wildman–Crippen MR) is 43.6 cm³/mol. The van der Waals surface area contributed by atoms with Crippen molar-refractivity contribution in [3.05, 3.63) is 10.6 Å². The van der Waals surface area contributed by atoms with Gasteiger partial charge in [-0.15, -0.1) is 0 Å². The molecule has 0 aliphatic heterocycles. The molecule has 0 bridgehead atoms. The third kappa shape index (κ3) is 4.67. The van der Waals surface area contributed by atoms with Crippen molar-refractivity contribution in [1.29, 1.82) is 0 Å². The molecule has 0 amide bonds. The van der Waals surface area contributed by atoms with Crippen LogP contribution < -0.4 is 0 Å². The first-order valence-electron chi connectivity index (χ1n) is 3.15. The zero-order valence-electron chi connectivity index (χ0n) is 5.89. The van der Waals surface area contributed by atoms with Gasteiger partial charge in [-0.1, -0.05) is 28.9 Å². The molecule has 0 saturated heterocycles. The fourth-order valence-electron chi connectivity index (χ4n) is 0.624. The maximum absolute atomic E-state index is 8.71. The quantitative estimate of drug-likeness (QED) is 0.729. The van der Waals surface area contributed by atoms with Gasteiger partial charge in [0.25, 0.3) is 0 Å². The van der Waals surface area contributed by atoms with Gasteiger partial charge < -0.3 is 5.11 Å². The van der Waals surface area contributed by atoms with E-state index in [0.29, 0.717) is 5.92 Å². The van der Waals surface area contributed by atoms with Crippen LogP contribution in [0.5, 0.6) is 0 Å². The van der Waals surface area contributed by atoms with Crippen molar-refractivity contribution in [3.63, 3.8) is 0 Å².